The van der Waals surface area contributed by atoms with E-state index < -0.39 is 10.0 Å². The van der Waals surface area contributed by atoms with Crippen molar-refractivity contribution in [2.24, 2.45) is 0 Å². The van der Waals surface area contributed by atoms with Crippen LogP contribution in [0, 0.1) is 6.92 Å². The van der Waals surface area contributed by atoms with E-state index in [1.807, 2.05) is 6.92 Å². The first-order chi connectivity index (χ1) is 8.84. The second kappa shape index (κ2) is 6.59. The van der Waals surface area contributed by atoms with Crippen molar-refractivity contribution >= 4 is 21.6 Å². The molecule has 0 amide bonds. The normalized spacial score (nSPS) is 11.9. The Morgan fingerprint density at radius 1 is 1.37 bits per heavy atom. The predicted molar refractivity (Wildman–Crippen MR) is 77.5 cm³/mol. The number of benzene rings is 1. The molecule has 0 atom stereocenters. The summed E-state index contributed by atoms with van der Waals surface area (Å²) in [6, 6.07) is 3.12. The molecule has 0 spiro atoms. The molecule has 0 fully saturated rings. The maximum Gasteiger partial charge on any atom is 0.246 e. The smallest absolute Gasteiger partial charge is 0.246 e. The van der Waals surface area contributed by atoms with Gasteiger partial charge in [0.2, 0.25) is 10.0 Å². The van der Waals surface area contributed by atoms with Crippen LogP contribution in [0.15, 0.2) is 17.0 Å². The highest BCUT2D eigenvalue weighted by Gasteiger charge is 2.26. The third-order valence-electron chi connectivity index (χ3n) is 2.92. The predicted octanol–water partition coefficient (Wildman–Crippen LogP) is 3.08. The molecular formula is C13H20ClNO3S. The number of halogens is 1. The van der Waals surface area contributed by atoms with Crippen molar-refractivity contribution in [1.82, 2.24) is 4.31 Å². The maximum atomic E-state index is 12.5. The number of nitrogens with zero attached hydrogens (tertiary/aromatic N) is 1. The molecule has 19 heavy (non-hydrogen) atoms. The van der Waals surface area contributed by atoms with Crippen LogP contribution >= 0.6 is 11.6 Å². The number of methoxy groups -OCH3 is 1. The molecule has 1 aromatic carbocycles. The number of hydrogen-bond donors (Lipinski definition) is 0. The second-order valence-electron chi connectivity index (χ2n) is 4.43. The van der Waals surface area contributed by atoms with E-state index in [9.17, 15) is 8.42 Å². The summed E-state index contributed by atoms with van der Waals surface area (Å²) >= 11 is 5.96. The number of aryl methyl sites for hydroxylation is 1. The van der Waals surface area contributed by atoms with Crippen molar-refractivity contribution < 1.29 is 13.2 Å². The summed E-state index contributed by atoms with van der Waals surface area (Å²) in [5, 5.41) is 0.390. The van der Waals surface area contributed by atoms with Gasteiger partial charge in [-0.3, -0.25) is 0 Å². The minimum absolute atomic E-state index is 0.124. The molecule has 0 saturated heterocycles. The third kappa shape index (κ3) is 3.61. The van der Waals surface area contributed by atoms with Gasteiger partial charge in [0.1, 0.15) is 10.6 Å². The Labute approximate surface area is 120 Å². The van der Waals surface area contributed by atoms with Crippen LogP contribution in [0.3, 0.4) is 0 Å². The fourth-order valence-electron chi connectivity index (χ4n) is 1.82. The van der Waals surface area contributed by atoms with Crippen molar-refractivity contribution in [2.75, 3.05) is 20.7 Å². The molecule has 1 aromatic rings. The zero-order valence-corrected chi connectivity index (χ0v) is 13.3. The largest absolute Gasteiger partial charge is 0.495 e. The molecule has 0 aliphatic heterocycles. The lowest BCUT2D eigenvalue weighted by Gasteiger charge is -2.19. The second-order valence-corrected chi connectivity index (χ2v) is 6.88. The van der Waals surface area contributed by atoms with Gasteiger partial charge < -0.3 is 4.74 Å². The summed E-state index contributed by atoms with van der Waals surface area (Å²) < 4.78 is 31.6. The highest BCUT2D eigenvalue weighted by molar-refractivity contribution is 7.89. The van der Waals surface area contributed by atoms with Crippen molar-refractivity contribution in [3.63, 3.8) is 0 Å². The summed E-state index contributed by atoms with van der Waals surface area (Å²) in [5.41, 5.74) is 0.706. The van der Waals surface area contributed by atoms with E-state index in [1.165, 1.54) is 17.5 Å². The average molecular weight is 306 g/mol. The average Bonchev–Trinajstić information content (AvgIpc) is 2.34. The Bertz CT molecular complexity index is 543. The Balaban J connectivity index is 3.28. The van der Waals surface area contributed by atoms with Gasteiger partial charge in [-0.05, 0) is 31.0 Å². The molecule has 6 heteroatoms. The lowest BCUT2D eigenvalue weighted by Crippen LogP contribution is -2.28. The van der Waals surface area contributed by atoms with Crippen LogP contribution in [-0.2, 0) is 10.0 Å². The molecule has 0 aliphatic carbocycles. The van der Waals surface area contributed by atoms with Gasteiger partial charge in [-0.25, -0.2) is 12.7 Å². The molecule has 4 nitrogen and oxygen atoms in total. The van der Waals surface area contributed by atoms with Crippen LogP contribution in [0.4, 0.5) is 0 Å². The van der Waals surface area contributed by atoms with Gasteiger partial charge in [0.15, 0.2) is 0 Å². The van der Waals surface area contributed by atoms with Gasteiger partial charge in [0.05, 0.1) is 7.11 Å². The van der Waals surface area contributed by atoms with Gasteiger partial charge in [0, 0.05) is 18.6 Å². The quantitative estimate of drug-likeness (QED) is 0.811. The van der Waals surface area contributed by atoms with Crippen molar-refractivity contribution in [3.8, 4) is 5.75 Å². The summed E-state index contributed by atoms with van der Waals surface area (Å²) in [4.78, 5) is 0.124. The van der Waals surface area contributed by atoms with Crippen LogP contribution < -0.4 is 4.74 Å². The first-order valence-electron chi connectivity index (χ1n) is 6.15. The first kappa shape index (κ1) is 16.3. The third-order valence-corrected chi connectivity index (χ3v) is 5.00. The minimum atomic E-state index is -3.58. The fraction of sp³-hybridized carbons (Fsp3) is 0.538. The first-order valence-corrected chi connectivity index (χ1v) is 7.96. The molecule has 0 aromatic heterocycles. The maximum absolute atomic E-state index is 12.5. The van der Waals surface area contributed by atoms with Gasteiger partial charge >= 0.3 is 0 Å². The molecule has 0 bridgehead atoms. The molecule has 0 saturated carbocycles. The fourth-order valence-corrected chi connectivity index (χ4v) is 3.62. The molecular weight excluding hydrogens is 286 g/mol. The molecule has 0 aliphatic rings. The van der Waals surface area contributed by atoms with Crippen LogP contribution in [0.25, 0.3) is 0 Å². The van der Waals surface area contributed by atoms with E-state index in [0.29, 0.717) is 22.9 Å². The van der Waals surface area contributed by atoms with Crippen LogP contribution in [0.5, 0.6) is 5.75 Å². The van der Waals surface area contributed by atoms with Gasteiger partial charge in [-0.15, -0.1) is 0 Å². The monoisotopic (exact) mass is 305 g/mol. The Hall–Kier alpha value is -0.780. The van der Waals surface area contributed by atoms with Crippen LogP contribution in [-0.4, -0.2) is 33.4 Å². The SMILES string of the molecule is CCCCN(C)S(=O)(=O)c1cc(Cl)cc(C)c1OC. The molecule has 0 radical (unpaired) electrons. The molecule has 0 heterocycles. The highest BCUT2D eigenvalue weighted by Crippen LogP contribution is 2.32. The lowest BCUT2D eigenvalue weighted by molar-refractivity contribution is 0.394. The zero-order chi connectivity index (χ0) is 14.6. The van der Waals surface area contributed by atoms with Crippen LogP contribution in [0.1, 0.15) is 25.3 Å². The van der Waals surface area contributed by atoms with E-state index in [2.05, 4.69) is 0 Å². The van der Waals surface area contributed by atoms with Crippen molar-refractivity contribution in [1.29, 1.82) is 0 Å². The van der Waals surface area contributed by atoms with Crippen molar-refractivity contribution in [3.05, 3.63) is 22.7 Å². The summed E-state index contributed by atoms with van der Waals surface area (Å²) in [7, 11) is -0.545. The molecule has 0 N–H and O–H groups in total. The van der Waals surface area contributed by atoms with Gasteiger partial charge in [-0.1, -0.05) is 24.9 Å². The van der Waals surface area contributed by atoms with E-state index >= 15 is 0 Å². The summed E-state index contributed by atoms with van der Waals surface area (Å²) in [5.74, 6) is 0.354. The standard InChI is InChI=1S/C13H20ClNO3S/c1-5-6-7-15(3)19(16,17)12-9-11(14)8-10(2)13(12)18-4/h8-9H,5-7H2,1-4H3. The van der Waals surface area contributed by atoms with Gasteiger partial charge in [0.25, 0.3) is 0 Å². The highest BCUT2D eigenvalue weighted by atomic mass is 35.5. The van der Waals surface area contributed by atoms with Crippen molar-refractivity contribution in [2.45, 2.75) is 31.6 Å². The topological polar surface area (TPSA) is 46.6 Å². The minimum Gasteiger partial charge on any atom is -0.495 e. The van der Waals surface area contributed by atoms with E-state index in [1.54, 1.807) is 20.0 Å². The van der Waals surface area contributed by atoms with Gasteiger partial charge in [-0.2, -0.15) is 0 Å². The molecule has 1 rings (SSSR count). The Morgan fingerprint density at radius 2 is 2.00 bits per heavy atom. The lowest BCUT2D eigenvalue weighted by atomic mass is 10.2. The number of hydrogen-bond acceptors (Lipinski definition) is 3. The number of rotatable bonds is 6. The number of unbranched alkanes of at least 4 members (excludes halogenated alkanes) is 1. The summed E-state index contributed by atoms with van der Waals surface area (Å²) in [6.45, 7) is 4.27. The zero-order valence-electron chi connectivity index (χ0n) is 11.7. The molecule has 0 unspecified atom stereocenters. The Morgan fingerprint density at radius 3 is 2.53 bits per heavy atom. The van der Waals surface area contributed by atoms with Crippen LogP contribution in [0.2, 0.25) is 5.02 Å². The van der Waals surface area contributed by atoms with E-state index in [0.717, 1.165) is 12.8 Å². The summed E-state index contributed by atoms with van der Waals surface area (Å²) in [6.07, 6.45) is 1.75. The molecule has 108 valence electrons. The Kier molecular flexibility index (Phi) is 5.64. The van der Waals surface area contributed by atoms with E-state index in [-0.39, 0.29) is 4.90 Å². The number of sulfonamides is 1. The number of ether oxygens (including phenoxy) is 1. The van der Waals surface area contributed by atoms with E-state index in [4.69, 9.17) is 16.3 Å².